The summed E-state index contributed by atoms with van der Waals surface area (Å²) in [6, 6.07) is 9.02. The van der Waals surface area contributed by atoms with Crippen LogP contribution in [0.5, 0.6) is 0 Å². The maximum absolute atomic E-state index is 12.7. The third-order valence-electron chi connectivity index (χ3n) is 3.37. The van der Waals surface area contributed by atoms with Gasteiger partial charge in [-0.2, -0.15) is 0 Å². The van der Waals surface area contributed by atoms with Crippen LogP contribution in [-0.4, -0.2) is 32.9 Å². The Kier molecular flexibility index (Phi) is 3.40. The summed E-state index contributed by atoms with van der Waals surface area (Å²) >= 11 is 0. The number of carbonyl (C=O) groups is 1. The molecule has 1 fully saturated rings. The second-order valence-electron chi connectivity index (χ2n) is 5.20. The van der Waals surface area contributed by atoms with Gasteiger partial charge in [0, 0.05) is 24.4 Å². The number of hydrogen-bond donors (Lipinski definition) is 1. The van der Waals surface area contributed by atoms with E-state index in [4.69, 9.17) is 0 Å². The van der Waals surface area contributed by atoms with E-state index in [1.54, 1.807) is 6.20 Å². The zero-order chi connectivity index (χ0) is 14.9. The van der Waals surface area contributed by atoms with Crippen molar-refractivity contribution in [1.82, 2.24) is 20.3 Å². The van der Waals surface area contributed by atoms with Crippen LogP contribution in [0.1, 0.15) is 12.8 Å². The van der Waals surface area contributed by atoms with Crippen molar-refractivity contribution in [3.8, 4) is 11.3 Å². The van der Waals surface area contributed by atoms with E-state index in [1.807, 2.05) is 30.3 Å². The molecule has 1 aliphatic rings. The first-order valence-electron chi connectivity index (χ1n) is 6.65. The van der Waals surface area contributed by atoms with Gasteiger partial charge in [0.25, 0.3) is 5.92 Å². The molecule has 0 saturated heterocycles. The number of nitrogens with zero attached hydrogens (tertiary/aromatic N) is 3. The minimum Gasteiger partial charge on any atom is -0.351 e. The summed E-state index contributed by atoms with van der Waals surface area (Å²) in [6.45, 7) is -0.0259. The highest BCUT2D eigenvalue weighted by atomic mass is 19.3. The van der Waals surface area contributed by atoms with Crippen LogP contribution >= 0.6 is 0 Å². The lowest BCUT2D eigenvalue weighted by Crippen LogP contribution is -2.51. The third-order valence-corrected chi connectivity index (χ3v) is 3.37. The maximum atomic E-state index is 12.7. The first kappa shape index (κ1) is 13.7. The van der Waals surface area contributed by atoms with Gasteiger partial charge in [0.1, 0.15) is 12.2 Å². The Morgan fingerprint density at radius 3 is 2.71 bits per heavy atom. The first-order chi connectivity index (χ1) is 10.0. The van der Waals surface area contributed by atoms with Crippen LogP contribution in [0.3, 0.4) is 0 Å². The van der Waals surface area contributed by atoms with E-state index < -0.39 is 12.0 Å². The van der Waals surface area contributed by atoms with Gasteiger partial charge in [-0.3, -0.25) is 4.79 Å². The van der Waals surface area contributed by atoms with Crippen molar-refractivity contribution < 1.29 is 13.6 Å². The number of halogens is 2. The van der Waals surface area contributed by atoms with E-state index in [9.17, 15) is 13.6 Å². The molecule has 1 aromatic carbocycles. The molecule has 2 aromatic rings. The molecule has 0 unspecified atom stereocenters. The van der Waals surface area contributed by atoms with E-state index >= 15 is 0 Å². The Hall–Kier alpha value is -2.31. The molecule has 21 heavy (non-hydrogen) atoms. The molecule has 1 N–H and O–H groups in total. The van der Waals surface area contributed by atoms with Gasteiger partial charge in [-0.05, 0) is 0 Å². The van der Waals surface area contributed by atoms with Crippen molar-refractivity contribution >= 4 is 5.91 Å². The van der Waals surface area contributed by atoms with Gasteiger partial charge in [-0.25, -0.2) is 13.5 Å². The number of carbonyl (C=O) groups excluding carboxylic acids is 1. The summed E-state index contributed by atoms with van der Waals surface area (Å²) in [6.07, 6.45) is 1.08. The Balaban J connectivity index is 1.56. The molecule has 7 heteroatoms. The second kappa shape index (κ2) is 5.23. The molecule has 0 radical (unpaired) electrons. The smallest absolute Gasteiger partial charge is 0.252 e. The summed E-state index contributed by atoms with van der Waals surface area (Å²) in [5.41, 5.74) is 1.57. The molecular weight excluding hydrogens is 278 g/mol. The highest BCUT2D eigenvalue weighted by Crippen LogP contribution is 2.37. The van der Waals surface area contributed by atoms with E-state index in [0.29, 0.717) is 5.69 Å². The number of alkyl halides is 2. The molecule has 1 aliphatic carbocycles. The largest absolute Gasteiger partial charge is 0.351 e. The van der Waals surface area contributed by atoms with Crippen LogP contribution in [0, 0.1) is 0 Å². The lowest BCUT2D eigenvalue weighted by Gasteiger charge is -2.35. The quantitative estimate of drug-likeness (QED) is 0.935. The normalized spacial score (nSPS) is 17.2. The Bertz CT molecular complexity index is 633. The van der Waals surface area contributed by atoms with Crippen LogP contribution in [0.4, 0.5) is 8.78 Å². The Morgan fingerprint density at radius 1 is 1.33 bits per heavy atom. The lowest BCUT2D eigenvalue weighted by molar-refractivity contribution is -0.129. The number of hydrogen-bond acceptors (Lipinski definition) is 3. The molecule has 1 aromatic heterocycles. The van der Waals surface area contributed by atoms with Crippen molar-refractivity contribution in [3.63, 3.8) is 0 Å². The molecule has 110 valence electrons. The Labute approximate surface area is 120 Å². The van der Waals surface area contributed by atoms with Crippen LogP contribution < -0.4 is 5.32 Å². The van der Waals surface area contributed by atoms with E-state index in [-0.39, 0.29) is 25.3 Å². The Morgan fingerprint density at radius 2 is 2.05 bits per heavy atom. The van der Waals surface area contributed by atoms with Crippen molar-refractivity contribution in [2.45, 2.75) is 31.4 Å². The predicted octanol–water partition coefficient (Wildman–Crippen LogP) is 1.86. The molecule has 5 nitrogen and oxygen atoms in total. The van der Waals surface area contributed by atoms with Crippen LogP contribution in [0.15, 0.2) is 36.5 Å². The molecule has 0 aliphatic heterocycles. The molecule has 1 saturated carbocycles. The summed E-state index contributed by atoms with van der Waals surface area (Å²) in [4.78, 5) is 11.7. The number of nitrogens with one attached hydrogen (secondary N) is 1. The van der Waals surface area contributed by atoms with E-state index in [0.717, 1.165) is 5.56 Å². The fourth-order valence-electron chi connectivity index (χ4n) is 2.30. The molecule has 0 atom stereocenters. The molecular formula is C14H14F2N4O. The lowest BCUT2D eigenvalue weighted by atomic mass is 9.88. The summed E-state index contributed by atoms with van der Waals surface area (Å²) in [5.74, 6) is -2.97. The number of rotatable bonds is 4. The first-order valence-corrected chi connectivity index (χ1v) is 6.65. The highest BCUT2D eigenvalue weighted by Gasteiger charge is 2.45. The van der Waals surface area contributed by atoms with Crippen molar-refractivity contribution in [3.05, 3.63) is 36.5 Å². The van der Waals surface area contributed by atoms with Crippen LogP contribution in [-0.2, 0) is 11.3 Å². The maximum Gasteiger partial charge on any atom is 0.252 e. The van der Waals surface area contributed by atoms with Gasteiger partial charge in [0.15, 0.2) is 0 Å². The van der Waals surface area contributed by atoms with Crippen LogP contribution in [0.2, 0.25) is 0 Å². The third kappa shape index (κ3) is 3.24. The van der Waals surface area contributed by atoms with Gasteiger partial charge >= 0.3 is 0 Å². The van der Waals surface area contributed by atoms with Gasteiger partial charge in [-0.15, -0.1) is 5.10 Å². The zero-order valence-corrected chi connectivity index (χ0v) is 11.2. The molecule has 0 spiro atoms. The average Bonchev–Trinajstić information content (AvgIpc) is 2.86. The fourth-order valence-corrected chi connectivity index (χ4v) is 2.30. The number of amides is 1. The number of benzene rings is 1. The predicted molar refractivity (Wildman–Crippen MR) is 71.6 cm³/mol. The molecule has 0 bridgehead atoms. The van der Waals surface area contributed by atoms with Crippen molar-refractivity contribution in [1.29, 1.82) is 0 Å². The minimum atomic E-state index is -2.63. The molecule has 1 amide bonds. The monoisotopic (exact) mass is 292 g/mol. The molecule has 1 heterocycles. The van der Waals surface area contributed by atoms with Gasteiger partial charge in [0.05, 0.1) is 6.20 Å². The SMILES string of the molecule is O=C(Cn1cc(-c2ccccc2)nn1)NC1CC(F)(F)C1. The van der Waals surface area contributed by atoms with Crippen molar-refractivity contribution in [2.75, 3.05) is 0 Å². The van der Waals surface area contributed by atoms with Crippen molar-refractivity contribution in [2.24, 2.45) is 0 Å². The zero-order valence-electron chi connectivity index (χ0n) is 11.2. The fraction of sp³-hybridized carbons (Fsp3) is 0.357. The van der Waals surface area contributed by atoms with E-state index in [1.165, 1.54) is 4.68 Å². The summed E-state index contributed by atoms with van der Waals surface area (Å²) < 4.78 is 26.8. The average molecular weight is 292 g/mol. The topological polar surface area (TPSA) is 59.8 Å². The minimum absolute atomic E-state index is 0.0259. The van der Waals surface area contributed by atoms with Gasteiger partial charge in [-0.1, -0.05) is 35.5 Å². The number of aromatic nitrogens is 3. The van der Waals surface area contributed by atoms with Gasteiger partial charge in [0.2, 0.25) is 5.91 Å². The summed E-state index contributed by atoms with van der Waals surface area (Å²) in [7, 11) is 0. The van der Waals surface area contributed by atoms with E-state index in [2.05, 4.69) is 15.6 Å². The van der Waals surface area contributed by atoms with Gasteiger partial charge < -0.3 is 5.32 Å². The highest BCUT2D eigenvalue weighted by molar-refractivity contribution is 5.76. The standard InChI is InChI=1S/C14H14F2N4O/c15-14(16)6-11(7-14)17-13(21)9-20-8-12(18-19-20)10-4-2-1-3-5-10/h1-5,8,11H,6-7,9H2,(H,17,21). The van der Waals surface area contributed by atoms with Crippen LogP contribution in [0.25, 0.3) is 11.3 Å². The summed E-state index contributed by atoms with van der Waals surface area (Å²) in [5, 5.41) is 10.4. The second-order valence-corrected chi connectivity index (χ2v) is 5.20. The molecule has 3 rings (SSSR count).